The van der Waals surface area contributed by atoms with Crippen LogP contribution in [0, 0.1) is 20.8 Å². The maximum absolute atomic E-state index is 14.3. The van der Waals surface area contributed by atoms with Gasteiger partial charge in [0.2, 0.25) is 11.8 Å². The van der Waals surface area contributed by atoms with Crippen LogP contribution in [-0.4, -0.2) is 46.9 Å². The van der Waals surface area contributed by atoms with Crippen LogP contribution >= 0.6 is 0 Å². The third kappa shape index (κ3) is 10.8. The highest BCUT2D eigenvalue weighted by molar-refractivity contribution is 6.00. The molecule has 230 valence electrons. The van der Waals surface area contributed by atoms with Crippen molar-refractivity contribution in [3.8, 4) is 0 Å². The number of benzene rings is 2. The molecule has 9 nitrogen and oxygen atoms in total. The second-order valence-electron chi connectivity index (χ2n) is 11.9. The average Bonchev–Trinajstić information content (AvgIpc) is 2.89. The van der Waals surface area contributed by atoms with Crippen molar-refractivity contribution in [1.29, 1.82) is 0 Å². The van der Waals surface area contributed by atoms with Crippen LogP contribution in [0.1, 0.15) is 94.5 Å². The summed E-state index contributed by atoms with van der Waals surface area (Å²) in [7, 11) is 0. The maximum atomic E-state index is 14.3. The number of primary amides is 1. The second-order valence-corrected chi connectivity index (χ2v) is 11.9. The van der Waals surface area contributed by atoms with E-state index in [1.807, 2.05) is 63.2 Å². The fourth-order valence-corrected chi connectivity index (χ4v) is 4.79. The van der Waals surface area contributed by atoms with Crippen molar-refractivity contribution in [2.24, 2.45) is 5.73 Å². The van der Waals surface area contributed by atoms with Crippen LogP contribution < -0.4 is 16.4 Å². The molecular formula is C33H48N4O5. The van der Waals surface area contributed by atoms with Gasteiger partial charge in [-0.1, -0.05) is 74.2 Å². The Kier molecular flexibility index (Phi) is 13.0. The molecule has 42 heavy (non-hydrogen) atoms. The molecule has 0 aliphatic carbocycles. The molecule has 2 rings (SSSR count). The number of alkyl carbamates (subject to hydrolysis) is 1. The number of anilines is 1. The van der Waals surface area contributed by atoms with Gasteiger partial charge in [-0.25, -0.2) is 4.79 Å². The number of hydrogen-bond acceptors (Lipinski definition) is 5. The Labute approximate surface area is 250 Å². The molecule has 2 atom stereocenters. The third-order valence-electron chi connectivity index (χ3n) is 6.85. The quantitative estimate of drug-likeness (QED) is 0.241. The predicted octanol–water partition coefficient (Wildman–Crippen LogP) is 5.86. The molecule has 9 heteroatoms. The molecule has 0 spiro atoms. The van der Waals surface area contributed by atoms with Gasteiger partial charge in [-0.05, 0) is 71.1 Å². The van der Waals surface area contributed by atoms with Crippen LogP contribution in [0.25, 0.3) is 0 Å². The summed E-state index contributed by atoms with van der Waals surface area (Å²) in [6.07, 6.45) is 2.57. The van der Waals surface area contributed by atoms with Gasteiger partial charge in [-0.3, -0.25) is 14.4 Å². The number of ether oxygens (including phenoxy) is 1. The molecule has 4 amide bonds. The number of carbonyl (C=O) groups is 4. The first kappa shape index (κ1) is 34.3. The SMILES string of the molecule is CCCCCCN(C(=O)C(CCC(N)=O)NC(=O)OC(C)(C)C)C(C(=O)Nc1c(C)cccc1C)c1cccc(C)c1. The number of amides is 4. The summed E-state index contributed by atoms with van der Waals surface area (Å²) in [5.74, 6) is -1.45. The Balaban J connectivity index is 2.59. The van der Waals surface area contributed by atoms with E-state index in [2.05, 4.69) is 17.6 Å². The average molecular weight is 581 g/mol. The molecule has 0 fully saturated rings. The monoisotopic (exact) mass is 580 g/mol. The fourth-order valence-electron chi connectivity index (χ4n) is 4.79. The van der Waals surface area contributed by atoms with E-state index >= 15 is 0 Å². The van der Waals surface area contributed by atoms with Crippen LogP contribution in [0.5, 0.6) is 0 Å². The van der Waals surface area contributed by atoms with Crippen molar-refractivity contribution in [3.63, 3.8) is 0 Å². The minimum atomic E-state index is -1.13. The summed E-state index contributed by atoms with van der Waals surface area (Å²) in [6.45, 7) is 13.3. The normalized spacial score (nSPS) is 12.6. The zero-order valence-electron chi connectivity index (χ0n) is 26.2. The number of rotatable bonds is 14. The first-order valence-electron chi connectivity index (χ1n) is 14.8. The van der Waals surface area contributed by atoms with Gasteiger partial charge in [-0.2, -0.15) is 0 Å². The smallest absolute Gasteiger partial charge is 0.408 e. The number of nitrogens with one attached hydrogen (secondary N) is 2. The van der Waals surface area contributed by atoms with Crippen LogP contribution in [0.4, 0.5) is 10.5 Å². The lowest BCUT2D eigenvalue weighted by molar-refractivity contribution is -0.141. The van der Waals surface area contributed by atoms with Crippen molar-refractivity contribution >= 4 is 29.5 Å². The highest BCUT2D eigenvalue weighted by Crippen LogP contribution is 2.28. The molecule has 0 saturated heterocycles. The van der Waals surface area contributed by atoms with Gasteiger partial charge in [-0.15, -0.1) is 0 Å². The van der Waals surface area contributed by atoms with E-state index in [0.29, 0.717) is 17.7 Å². The first-order valence-corrected chi connectivity index (χ1v) is 14.8. The Hall–Kier alpha value is -3.88. The van der Waals surface area contributed by atoms with Gasteiger partial charge in [0.25, 0.3) is 5.91 Å². The molecular weight excluding hydrogens is 532 g/mol. The molecule has 0 aliphatic heterocycles. The van der Waals surface area contributed by atoms with Gasteiger partial charge < -0.3 is 26.0 Å². The molecule has 0 aliphatic rings. The first-order chi connectivity index (χ1) is 19.7. The van der Waals surface area contributed by atoms with Gasteiger partial charge in [0.15, 0.2) is 0 Å². The zero-order chi connectivity index (χ0) is 31.4. The highest BCUT2D eigenvalue weighted by Gasteiger charge is 2.36. The Bertz CT molecular complexity index is 1220. The van der Waals surface area contributed by atoms with Crippen molar-refractivity contribution < 1.29 is 23.9 Å². The summed E-state index contributed by atoms with van der Waals surface area (Å²) >= 11 is 0. The standard InChI is InChI=1S/C33H48N4O5/c1-8-9-10-11-20-37(31(40)26(18-19-27(34)38)35-32(41)42-33(5,6)7)29(25-17-12-14-22(2)21-25)30(39)36-28-23(3)15-13-16-24(28)4/h12-17,21,26,29H,8-11,18-20H2,1-7H3,(H2,34,38)(H,35,41)(H,36,39). The van der Waals surface area contributed by atoms with Crippen molar-refractivity contribution in [2.75, 3.05) is 11.9 Å². The Morgan fingerprint density at radius 3 is 2.17 bits per heavy atom. The number of carbonyl (C=O) groups excluding carboxylic acids is 4. The van der Waals surface area contributed by atoms with E-state index in [4.69, 9.17) is 10.5 Å². The summed E-state index contributed by atoms with van der Waals surface area (Å²) in [5.41, 5.74) is 8.70. The van der Waals surface area contributed by atoms with Gasteiger partial charge in [0, 0.05) is 18.7 Å². The minimum Gasteiger partial charge on any atom is -0.444 e. The number of hydrogen-bond donors (Lipinski definition) is 3. The largest absolute Gasteiger partial charge is 0.444 e. The van der Waals surface area contributed by atoms with Crippen LogP contribution in [-0.2, 0) is 19.1 Å². The van der Waals surface area contributed by atoms with Gasteiger partial charge in [0.05, 0.1) is 0 Å². The molecule has 0 saturated carbocycles. The molecule has 2 aromatic carbocycles. The molecule has 0 bridgehead atoms. The predicted molar refractivity (Wildman–Crippen MR) is 166 cm³/mol. The zero-order valence-corrected chi connectivity index (χ0v) is 26.2. The van der Waals surface area contributed by atoms with E-state index in [9.17, 15) is 19.2 Å². The second kappa shape index (κ2) is 15.9. The lowest BCUT2D eigenvalue weighted by atomic mass is 9.98. The van der Waals surface area contributed by atoms with Gasteiger partial charge >= 0.3 is 6.09 Å². The van der Waals surface area contributed by atoms with Crippen molar-refractivity contribution in [1.82, 2.24) is 10.2 Å². The Morgan fingerprint density at radius 1 is 0.952 bits per heavy atom. The minimum absolute atomic E-state index is 0.0298. The number of unbranched alkanes of at least 4 members (excludes halogenated alkanes) is 3. The summed E-state index contributed by atoms with van der Waals surface area (Å²) in [4.78, 5) is 54.5. The fraction of sp³-hybridized carbons (Fsp3) is 0.515. The van der Waals surface area contributed by atoms with Crippen LogP contribution in [0.3, 0.4) is 0 Å². The number of para-hydroxylation sites is 1. The number of nitrogens with two attached hydrogens (primary N) is 1. The Morgan fingerprint density at radius 2 is 1.60 bits per heavy atom. The highest BCUT2D eigenvalue weighted by atomic mass is 16.6. The van der Waals surface area contributed by atoms with Crippen molar-refractivity contribution in [2.45, 2.75) is 105 Å². The van der Waals surface area contributed by atoms with Crippen LogP contribution in [0.2, 0.25) is 0 Å². The maximum Gasteiger partial charge on any atom is 0.408 e. The molecule has 0 radical (unpaired) electrons. The molecule has 2 aromatic rings. The summed E-state index contributed by atoms with van der Waals surface area (Å²) in [6, 6.07) is 11.1. The number of aryl methyl sites for hydroxylation is 3. The summed E-state index contributed by atoms with van der Waals surface area (Å²) in [5, 5.41) is 5.72. The van der Waals surface area contributed by atoms with Crippen molar-refractivity contribution in [3.05, 3.63) is 64.7 Å². The van der Waals surface area contributed by atoms with E-state index in [1.165, 1.54) is 4.90 Å². The molecule has 0 aromatic heterocycles. The summed E-state index contributed by atoms with van der Waals surface area (Å²) < 4.78 is 5.42. The van der Waals surface area contributed by atoms with E-state index in [0.717, 1.165) is 36.0 Å². The van der Waals surface area contributed by atoms with Crippen LogP contribution in [0.15, 0.2) is 42.5 Å². The lowest BCUT2D eigenvalue weighted by Crippen LogP contribution is -2.53. The molecule has 0 heterocycles. The lowest BCUT2D eigenvalue weighted by Gasteiger charge is -2.35. The molecule has 4 N–H and O–H groups in total. The topological polar surface area (TPSA) is 131 Å². The van der Waals surface area contributed by atoms with E-state index in [1.54, 1.807) is 20.8 Å². The molecule has 2 unspecified atom stereocenters. The number of nitrogens with zero attached hydrogens (tertiary/aromatic N) is 1. The third-order valence-corrected chi connectivity index (χ3v) is 6.85. The van der Waals surface area contributed by atoms with E-state index in [-0.39, 0.29) is 25.3 Å². The van der Waals surface area contributed by atoms with Gasteiger partial charge in [0.1, 0.15) is 17.7 Å². The van der Waals surface area contributed by atoms with E-state index < -0.39 is 35.6 Å².